The fraction of sp³-hybridized carbons (Fsp3) is 0.353. The summed E-state index contributed by atoms with van der Waals surface area (Å²) in [6, 6.07) is 4.07. The van der Waals surface area contributed by atoms with Gasteiger partial charge in [0.1, 0.15) is 16.1 Å². The first-order valence-electron chi connectivity index (χ1n) is 8.08. The van der Waals surface area contributed by atoms with E-state index in [-0.39, 0.29) is 5.91 Å². The van der Waals surface area contributed by atoms with Crippen LogP contribution in [0.15, 0.2) is 28.6 Å². The predicted molar refractivity (Wildman–Crippen MR) is 108 cm³/mol. The Morgan fingerprint density at radius 3 is 3.08 bits per heavy atom. The summed E-state index contributed by atoms with van der Waals surface area (Å²) in [5, 5.41) is 4.45. The van der Waals surface area contributed by atoms with Gasteiger partial charge in [0, 0.05) is 36.2 Å². The second-order valence-electron chi connectivity index (χ2n) is 6.49. The van der Waals surface area contributed by atoms with E-state index in [4.69, 9.17) is 10.7 Å². The van der Waals surface area contributed by atoms with Gasteiger partial charge in [-0.25, -0.2) is 4.98 Å². The van der Waals surface area contributed by atoms with Gasteiger partial charge >= 0.3 is 0 Å². The molecule has 4 heterocycles. The fourth-order valence-corrected chi connectivity index (χ4v) is 6.85. The van der Waals surface area contributed by atoms with Crippen LogP contribution in [0.2, 0.25) is 0 Å². The Hall–Kier alpha value is -1.51. The summed E-state index contributed by atoms with van der Waals surface area (Å²) in [5.41, 5.74) is 9.06. The molecule has 1 aromatic carbocycles. The average Bonchev–Trinajstić information content (AvgIpc) is 3.31. The van der Waals surface area contributed by atoms with E-state index in [9.17, 15) is 4.79 Å². The van der Waals surface area contributed by atoms with Crippen molar-refractivity contribution in [3.05, 3.63) is 34.2 Å². The van der Waals surface area contributed by atoms with Gasteiger partial charge in [0.15, 0.2) is 0 Å². The molecule has 5 rings (SSSR count). The zero-order chi connectivity index (χ0) is 17.1. The smallest absolute Gasteiger partial charge is 0.243 e. The molecule has 8 heteroatoms. The van der Waals surface area contributed by atoms with E-state index in [1.165, 1.54) is 16.0 Å². The summed E-state index contributed by atoms with van der Waals surface area (Å²) in [7, 11) is 2.16. The minimum atomic E-state index is -0.423. The molecule has 0 spiro atoms. The van der Waals surface area contributed by atoms with Crippen LogP contribution in [0.4, 0.5) is 5.69 Å². The first-order valence-corrected chi connectivity index (χ1v) is 10.8. The van der Waals surface area contributed by atoms with Crippen LogP contribution in [-0.4, -0.2) is 41.3 Å². The molecule has 0 aliphatic carbocycles. The second-order valence-corrected chi connectivity index (χ2v) is 9.58. The maximum Gasteiger partial charge on any atom is 0.243 e. The molecule has 128 valence electrons. The Bertz CT molecular complexity index is 951. The molecule has 2 N–H and O–H groups in total. The molecule has 3 atom stereocenters. The van der Waals surface area contributed by atoms with Crippen LogP contribution in [0.25, 0.3) is 10.2 Å². The van der Waals surface area contributed by atoms with Crippen LogP contribution in [0, 0.1) is 5.92 Å². The van der Waals surface area contributed by atoms with Crippen molar-refractivity contribution in [2.24, 2.45) is 16.6 Å². The van der Waals surface area contributed by atoms with Gasteiger partial charge in [-0.3, -0.25) is 9.79 Å². The number of carbonyl (C=O) groups is 1. The molecule has 5 nitrogen and oxygen atoms in total. The highest BCUT2D eigenvalue weighted by molar-refractivity contribution is 8.15. The van der Waals surface area contributed by atoms with Gasteiger partial charge in [-0.15, -0.1) is 34.9 Å². The molecule has 3 aliphatic rings. The lowest BCUT2D eigenvalue weighted by Crippen LogP contribution is -2.31. The molecular formula is C17H16N4OS3. The molecule has 0 saturated heterocycles. The van der Waals surface area contributed by atoms with Crippen molar-refractivity contribution in [3.63, 3.8) is 0 Å². The van der Waals surface area contributed by atoms with Gasteiger partial charge in [-0.2, -0.15) is 0 Å². The Morgan fingerprint density at radius 2 is 2.28 bits per heavy atom. The number of benzene rings is 1. The van der Waals surface area contributed by atoms with E-state index >= 15 is 0 Å². The van der Waals surface area contributed by atoms with Crippen LogP contribution in [0.3, 0.4) is 0 Å². The number of thiazole rings is 1. The number of aromatic nitrogens is 1. The Balaban J connectivity index is 1.58. The van der Waals surface area contributed by atoms with E-state index in [1.807, 2.05) is 11.8 Å². The molecule has 2 unspecified atom stereocenters. The van der Waals surface area contributed by atoms with E-state index in [1.54, 1.807) is 23.1 Å². The van der Waals surface area contributed by atoms with Crippen LogP contribution in [-0.2, 0) is 4.79 Å². The number of nitrogens with two attached hydrogens (primary N) is 1. The highest BCUT2D eigenvalue weighted by Gasteiger charge is 2.34. The molecule has 3 aliphatic heterocycles. The van der Waals surface area contributed by atoms with Crippen molar-refractivity contribution < 1.29 is 4.79 Å². The summed E-state index contributed by atoms with van der Waals surface area (Å²) in [4.78, 5) is 22.9. The van der Waals surface area contributed by atoms with Crippen LogP contribution < -0.4 is 10.6 Å². The van der Waals surface area contributed by atoms with E-state index in [2.05, 4.69) is 40.6 Å². The third-order valence-electron chi connectivity index (χ3n) is 4.84. The lowest BCUT2D eigenvalue weighted by atomic mass is 9.92. The Labute approximate surface area is 157 Å². The lowest BCUT2D eigenvalue weighted by molar-refractivity contribution is -0.118. The molecule has 2 aromatic rings. The topological polar surface area (TPSA) is 71.6 Å². The van der Waals surface area contributed by atoms with E-state index in [0.29, 0.717) is 16.9 Å². The van der Waals surface area contributed by atoms with Crippen LogP contribution in [0.5, 0.6) is 0 Å². The number of fused-ring (bicyclic) bond motifs is 4. The van der Waals surface area contributed by atoms with Gasteiger partial charge in [0.2, 0.25) is 5.91 Å². The van der Waals surface area contributed by atoms with Crippen molar-refractivity contribution in [1.82, 2.24) is 4.98 Å². The van der Waals surface area contributed by atoms with Gasteiger partial charge in [0.05, 0.1) is 10.2 Å². The summed E-state index contributed by atoms with van der Waals surface area (Å²) in [6.45, 7) is 1.06. The number of aliphatic imine (C=N–C) groups is 1. The average molecular weight is 389 g/mol. The highest BCUT2D eigenvalue weighted by atomic mass is 32.2. The first kappa shape index (κ1) is 15.7. The molecule has 1 amide bonds. The Kier molecular flexibility index (Phi) is 3.62. The quantitative estimate of drug-likeness (QED) is 0.856. The monoisotopic (exact) mass is 388 g/mol. The number of carbonyl (C=O) groups excluding carboxylic acids is 1. The predicted octanol–water partition coefficient (Wildman–Crippen LogP) is 3.01. The zero-order valence-electron chi connectivity index (χ0n) is 13.5. The molecule has 0 radical (unpaired) electrons. The van der Waals surface area contributed by atoms with Crippen molar-refractivity contribution >= 4 is 61.7 Å². The Morgan fingerprint density at radius 1 is 1.40 bits per heavy atom. The van der Waals surface area contributed by atoms with Crippen molar-refractivity contribution in [1.29, 1.82) is 0 Å². The van der Waals surface area contributed by atoms with Crippen LogP contribution in [0.1, 0.15) is 15.8 Å². The minimum absolute atomic E-state index is 0.363. The standard InChI is InChI=1S/C17H16N4OS3/c1-21-6-8-2-3-23-14(8)9-4-10-13(5-12(9)21)25-17(19-10)16-20-11(7-24-16)15(18)22/h2-5,8,11,14H,6-7H2,1H3,(H2,18,22)/t8?,11-,14?/m1/s1. The van der Waals surface area contributed by atoms with Crippen molar-refractivity contribution in [2.75, 3.05) is 24.2 Å². The van der Waals surface area contributed by atoms with E-state index < -0.39 is 6.04 Å². The second kappa shape index (κ2) is 5.75. The summed E-state index contributed by atoms with van der Waals surface area (Å²) in [5.74, 6) is 0.827. The third-order valence-corrected chi connectivity index (χ3v) is 8.26. The molecule has 0 bridgehead atoms. The highest BCUT2D eigenvalue weighted by Crippen LogP contribution is 2.50. The SMILES string of the molecule is CN1CC2C=CSC2c2cc3nc(C4=N[C@@H](C(N)=O)CS4)sc3cc21. The number of thioether (sulfide) groups is 2. The molecule has 0 saturated carbocycles. The summed E-state index contributed by atoms with van der Waals surface area (Å²) >= 11 is 5.12. The summed E-state index contributed by atoms with van der Waals surface area (Å²) in [6.07, 6.45) is 2.32. The number of anilines is 1. The number of amides is 1. The van der Waals surface area contributed by atoms with Gasteiger partial charge in [0.25, 0.3) is 0 Å². The fourth-order valence-electron chi connectivity index (χ4n) is 3.57. The number of primary amides is 1. The maximum absolute atomic E-state index is 11.3. The lowest BCUT2D eigenvalue weighted by Gasteiger charge is -2.35. The molecule has 1 aromatic heterocycles. The first-order chi connectivity index (χ1) is 12.1. The van der Waals surface area contributed by atoms with Gasteiger partial charge in [-0.05, 0) is 23.1 Å². The molecular weight excluding hydrogens is 372 g/mol. The normalized spacial score (nSPS) is 27.5. The largest absolute Gasteiger partial charge is 0.374 e. The van der Waals surface area contributed by atoms with Gasteiger partial charge < -0.3 is 10.6 Å². The number of nitrogens with zero attached hydrogens (tertiary/aromatic N) is 3. The number of hydrogen-bond donors (Lipinski definition) is 1. The van der Waals surface area contributed by atoms with Crippen molar-refractivity contribution in [3.8, 4) is 0 Å². The number of hydrogen-bond acceptors (Lipinski definition) is 7. The molecule has 0 fully saturated rings. The summed E-state index contributed by atoms with van der Waals surface area (Å²) < 4.78 is 1.17. The maximum atomic E-state index is 11.3. The molecule has 25 heavy (non-hydrogen) atoms. The third kappa shape index (κ3) is 2.50. The minimum Gasteiger partial charge on any atom is -0.374 e. The number of rotatable bonds is 2. The van der Waals surface area contributed by atoms with Crippen LogP contribution >= 0.6 is 34.9 Å². The van der Waals surface area contributed by atoms with E-state index in [0.717, 1.165) is 22.1 Å². The van der Waals surface area contributed by atoms with Crippen molar-refractivity contribution in [2.45, 2.75) is 11.3 Å². The van der Waals surface area contributed by atoms with Gasteiger partial charge in [-0.1, -0.05) is 6.08 Å². The zero-order valence-corrected chi connectivity index (χ0v) is 16.0.